The Labute approximate surface area is 116 Å². The van der Waals surface area contributed by atoms with Crippen LogP contribution in [0.2, 0.25) is 0 Å². The van der Waals surface area contributed by atoms with Gasteiger partial charge in [-0.3, -0.25) is 4.90 Å². The predicted octanol–water partition coefficient (Wildman–Crippen LogP) is 2.10. The maximum absolute atomic E-state index is 12.0. The third-order valence-electron chi connectivity index (χ3n) is 3.86. The molecule has 0 aromatic carbocycles. The second-order valence-corrected chi connectivity index (χ2v) is 6.56. The fourth-order valence-electron chi connectivity index (χ4n) is 2.63. The van der Waals surface area contributed by atoms with E-state index in [0.29, 0.717) is 0 Å². The molecule has 1 aliphatic heterocycles. The van der Waals surface area contributed by atoms with Crippen molar-refractivity contribution in [2.45, 2.75) is 51.2 Å². The summed E-state index contributed by atoms with van der Waals surface area (Å²) in [7, 11) is 0. The minimum atomic E-state index is -0.421. The van der Waals surface area contributed by atoms with Crippen molar-refractivity contribution in [3.05, 3.63) is 0 Å². The maximum atomic E-state index is 12.0. The van der Waals surface area contributed by atoms with Gasteiger partial charge in [0, 0.05) is 38.1 Å². The predicted molar refractivity (Wildman–Crippen MR) is 74.8 cm³/mol. The summed E-state index contributed by atoms with van der Waals surface area (Å²) in [6, 6.07) is 0. The van der Waals surface area contributed by atoms with Crippen molar-refractivity contribution in [2.24, 2.45) is 0 Å². The Bertz CT molecular complexity index is 380. The molecule has 0 aromatic heterocycles. The van der Waals surface area contributed by atoms with Crippen LogP contribution in [0.15, 0.2) is 0 Å². The summed E-state index contributed by atoms with van der Waals surface area (Å²) in [6.07, 6.45) is 8.47. The van der Waals surface area contributed by atoms with E-state index in [1.54, 1.807) is 4.90 Å². The first-order valence-corrected chi connectivity index (χ1v) is 7.03. The van der Waals surface area contributed by atoms with Crippen molar-refractivity contribution in [1.82, 2.24) is 9.80 Å². The SMILES string of the molecule is C#CCC1(N2CCN(C(=O)OC(C)(C)C)CC2)CC1. The van der Waals surface area contributed by atoms with Gasteiger partial charge < -0.3 is 9.64 Å². The standard InChI is InChI=1S/C15H24N2O2/c1-5-6-15(7-8-15)17-11-9-16(10-12-17)13(18)19-14(2,3)4/h1H,6-12H2,2-4H3. The second kappa shape index (κ2) is 5.05. The Morgan fingerprint density at radius 1 is 1.26 bits per heavy atom. The molecule has 4 heteroatoms. The van der Waals surface area contributed by atoms with Gasteiger partial charge in [0.15, 0.2) is 0 Å². The van der Waals surface area contributed by atoms with E-state index in [4.69, 9.17) is 11.2 Å². The average Bonchev–Trinajstić information content (AvgIpc) is 3.09. The summed E-state index contributed by atoms with van der Waals surface area (Å²) in [4.78, 5) is 16.2. The van der Waals surface area contributed by atoms with Gasteiger partial charge in [-0.2, -0.15) is 0 Å². The summed E-state index contributed by atoms with van der Waals surface area (Å²) in [5.74, 6) is 2.79. The van der Waals surface area contributed by atoms with E-state index < -0.39 is 5.60 Å². The molecule has 2 aliphatic rings. The van der Waals surface area contributed by atoms with Crippen molar-refractivity contribution < 1.29 is 9.53 Å². The maximum Gasteiger partial charge on any atom is 0.410 e. The first-order chi connectivity index (χ1) is 8.86. The van der Waals surface area contributed by atoms with E-state index in [-0.39, 0.29) is 11.6 Å². The number of carbonyl (C=O) groups is 1. The average molecular weight is 264 g/mol. The lowest BCUT2D eigenvalue weighted by Gasteiger charge is -2.39. The highest BCUT2D eigenvalue weighted by Crippen LogP contribution is 2.44. The quantitative estimate of drug-likeness (QED) is 0.716. The van der Waals surface area contributed by atoms with E-state index in [2.05, 4.69) is 10.8 Å². The van der Waals surface area contributed by atoms with Crippen LogP contribution in [-0.2, 0) is 4.74 Å². The van der Waals surface area contributed by atoms with Gasteiger partial charge in [0.2, 0.25) is 0 Å². The van der Waals surface area contributed by atoms with Crippen LogP contribution in [-0.4, -0.2) is 53.2 Å². The molecule has 2 rings (SSSR count). The smallest absolute Gasteiger partial charge is 0.410 e. The molecule has 0 N–H and O–H groups in total. The number of hydrogen-bond donors (Lipinski definition) is 0. The lowest BCUT2D eigenvalue weighted by molar-refractivity contribution is 0.00874. The van der Waals surface area contributed by atoms with Crippen LogP contribution < -0.4 is 0 Å². The number of rotatable bonds is 2. The normalized spacial score (nSPS) is 22.7. The van der Waals surface area contributed by atoms with Gasteiger partial charge in [0.25, 0.3) is 0 Å². The molecule has 19 heavy (non-hydrogen) atoms. The zero-order valence-electron chi connectivity index (χ0n) is 12.2. The third kappa shape index (κ3) is 3.42. The van der Waals surface area contributed by atoms with Crippen molar-refractivity contribution in [2.75, 3.05) is 26.2 Å². The Morgan fingerprint density at radius 2 is 1.84 bits per heavy atom. The highest BCUT2D eigenvalue weighted by atomic mass is 16.6. The second-order valence-electron chi connectivity index (χ2n) is 6.56. The summed E-state index contributed by atoms with van der Waals surface area (Å²) in [5, 5.41) is 0. The number of ether oxygens (including phenoxy) is 1. The first kappa shape index (κ1) is 14.2. The number of terminal acetylenes is 1. The fourth-order valence-corrected chi connectivity index (χ4v) is 2.63. The molecule has 4 nitrogen and oxygen atoms in total. The lowest BCUT2D eigenvalue weighted by atomic mass is 10.1. The highest BCUT2D eigenvalue weighted by Gasteiger charge is 2.48. The molecule has 0 unspecified atom stereocenters. The van der Waals surface area contributed by atoms with Crippen LogP contribution in [0.25, 0.3) is 0 Å². The molecule has 0 bridgehead atoms. The number of amides is 1. The van der Waals surface area contributed by atoms with Gasteiger partial charge in [-0.15, -0.1) is 12.3 Å². The first-order valence-electron chi connectivity index (χ1n) is 7.03. The molecule has 0 aromatic rings. The molecule has 0 atom stereocenters. The van der Waals surface area contributed by atoms with Gasteiger partial charge in [-0.1, -0.05) is 0 Å². The monoisotopic (exact) mass is 264 g/mol. The van der Waals surface area contributed by atoms with Crippen LogP contribution in [0.3, 0.4) is 0 Å². The fraction of sp³-hybridized carbons (Fsp3) is 0.800. The van der Waals surface area contributed by atoms with Gasteiger partial charge in [-0.25, -0.2) is 4.79 Å². The van der Waals surface area contributed by atoms with E-state index >= 15 is 0 Å². The van der Waals surface area contributed by atoms with E-state index in [1.807, 2.05) is 20.8 Å². The third-order valence-corrected chi connectivity index (χ3v) is 3.86. The Hall–Kier alpha value is -1.21. The van der Waals surface area contributed by atoms with Crippen LogP contribution in [0.5, 0.6) is 0 Å². The van der Waals surface area contributed by atoms with E-state index in [9.17, 15) is 4.79 Å². The highest BCUT2D eigenvalue weighted by molar-refractivity contribution is 5.68. The molecular formula is C15H24N2O2. The summed E-state index contributed by atoms with van der Waals surface area (Å²) >= 11 is 0. The number of piperazine rings is 1. The molecule has 1 heterocycles. The van der Waals surface area contributed by atoms with Gasteiger partial charge in [0.1, 0.15) is 5.60 Å². The minimum absolute atomic E-state index is 0.200. The summed E-state index contributed by atoms with van der Waals surface area (Å²) < 4.78 is 5.40. The zero-order chi connectivity index (χ0) is 14.1. The largest absolute Gasteiger partial charge is 0.444 e. The van der Waals surface area contributed by atoms with Crippen molar-refractivity contribution in [3.8, 4) is 12.3 Å². The molecule has 106 valence electrons. The van der Waals surface area contributed by atoms with Crippen molar-refractivity contribution >= 4 is 6.09 Å². The Kier molecular flexibility index (Phi) is 3.78. The molecule has 2 fully saturated rings. The topological polar surface area (TPSA) is 32.8 Å². The zero-order valence-corrected chi connectivity index (χ0v) is 12.2. The van der Waals surface area contributed by atoms with Crippen molar-refractivity contribution in [3.63, 3.8) is 0 Å². The Morgan fingerprint density at radius 3 is 2.26 bits per heavy atom. The lowest BCUT2D eigenvalue weighted by Crippen LogP contribution is -2.53. The minimum Gasteiger partial charge on any atom is -0.444 e. The summed E-state index contributed by atoms with van der Waals surface area (Å²) in [5.41, 5.74) is -0.176. The van der Waals surface area contributed by atoms with Crippen LogP contribution in [0, 0.1) is 12.3 Å². The van der Waals surface area contributed by atoms with Crippen molar-refractivity contribution in [1.29, 1.82) is 0 Å². The molecule has 1 amide bonds. The summed E-state index contributed by atoms with van der Waals surface area (Å²) in [6.45, 7) is 8.97. The van der Waals surface area contributed by atoms with Crippen LogP contribution in [0.1, 0.15) is 40.0 Å². The molecule has 0 radical (unpaired) electrons. The number of nitrogens with zero attached hydrogens (tertiary/aromatic N) is 2. The van der Waals surface area contributed by atoms with Gasteiger partial charge in [-0.05, 0) is 33.6 Å². The molecule has 1 saturated heterocycles. The van der Waals surface area contributed by atoms with Crippen LogP contribution >= 0.6 is 0 Å². The van der Waals surface area contributed by atoms with Gasteiger partial charge in [0.05, 0.1) is 0 Å². The van der Waals surface area contributed by atoms with Gasteiger partial charge >= 0.3 is 6.09 Å². The number of carbonyl (C=O) groups excluding carboxylic acids is 1. The Balaban J connectivity index is 1.83. The molecule has 0 spiro atoms. The number of hydrogen-bond acceptors (Lipinski definition) is 3. The molecule has 1 saturated carbocycles. The molecule has 1 aliphatic carbocycles. The van der Waals surface area contributed by atoms with E-state index in [0.717, 1.165) is 32.6 Å². The molecular weight excluding hydrogens is 240 g/mol. The van der Waals surface area contributed by atoms with E-state index in [1.165, 1.54) is 12.8 Å². The van der Waals surface area contributed by atoms with Crippen LogP contribution in [0.4, 0.5) is 4.79 Å².